The zero-order valence-corrected chi connectivity index (χ0v) is 12.9. The Balaban J connectivity index is 1.56. The molecule has 4 rings (SSSR count). The highest BCUT2D eigenvalue weighted by Crippen LogP contribution is 2.45. The van der Waals surface area contributed by atoms with Crippen molar-refractivity contribution in [2.75, 3.05) is 5.32 Å². The Hall–Kier alpha value is -1.84. The molecule has 4 unspecified atom stereocenters. The second kappa shape index (κ2) is 4.58. The monoisotopic (exact) mass is 282 g/mol. The van der Waals surface area contributed by atoms with E-state index in [1.54, 1.807) is 0 Å². The van der Waals surface area contributed by atoms with Crippen molar-refractivity contribution in [2.24, 2.45) is 24.8 Å². The number of nitrogens with zero attached hydrogens (tertiary/aromatic N) is 3. The van der Waals surface area contributed by atoms with E-state index in [4.69, 9.17) is 0 Å². The molecule has 0 amide bonds. The fraction of sp³-hybridized carbons (Fsp3) is 0.529. The Morgan fingerprint density at radius 3 is 2.90 bits per heavy atom. The van der Waals surface area contributed by atoms with Crippen molar-refractivity contribution in [1.82, 2.24) is 14.8 Å². The van der Waals surface area contributed by atoms with Gasteiger partial charge in [-0.15, -0.1) is 0 Å². The summed E-state index contributed by atoms with van der Waals surface area (Å²) in [5.41, 5.74) is 3.10. The molecule has 1 fully saturated rings. The number of hydrogen-bond donors (Lipinski definition) is 1. The predicted octanol–water partition coefficient (Wildman–Crippen LogP) is 3.29. The molecule has 1 saturated carbocycles. The molecule has 2 aliphatic rings. The first-order valence-electron chi connectivity index (χ1n) is 7.86. The zero-order chi connectivity index (χ0) is 14.6. The van der Waals surface area contributed by atoms with Gasteiger partial charge in [-0.3, -0.25) is 4.68 Å². The van der Waals surface area contributed by atoms with Crippen LogP contribution in [0.1, 0.15) is 25.5 Å². The highest BCUT2D eigenvalue weighted by molar-refractivity contribution is 5.81. The third-order valence-electron chi connectivity index (χ3n) is 5.23. The number of allylic oxidation sites excluding steroid dienone is 2. The van der Waals surface area contributed by atoms with Crippen molar-refractivity contribution in [1.29, 1.82) is 0 Å². The molecule has 0 aliphatic heterocycles. The lowest BCUT2D eigenvalue weighted by Gasteiger charge is -2.27. The van der Waals surface area contributed by atoms with E-state index in [0.717, 1.165) is 40.2 Å². The van der Waals surface area contributed by atoms with Crippen LogP contribution in [0.3, 0.4) is 0 Å². The maximum absolute atomic E-state index is 4.55. The summed E-state index contributed by atoms with van der Waals surface area (Å²) in [6.45, 7) is 4.34. The van der Waals surface area contributed by atoms with Crippen LogP contribution >= 0.6 is 0 Å². The van der Waals surface area contributed by atoms with Crippen LogP contribution in [0.4, 0.5) is 5.69 Å². The molecule has 2 bridgehead atoms. The third kappa shape index (κ3) is 2.04. The number of aryl methyl sites for hydroxylation is 2. The van der Waals surface area contributed by atoms with E-state index in [1.165, 1.54) is 12.8 Å². The van der Waals surface area contributed by atoms with E-state index in [9.17, 15) is 0 Å². The Labute approximate surface area is 125 Å². The third-order valence-corrected chi connectivity index (χ3v) is 5.23. The number of anilines is 1. The smallest absolute Gasteiger partial charge is 0.157 e. The van der Waals surface area contributed by atoms with Crippen molar-refractivity contribution in [3.8, 4) is 0 Å². The summed E-state index contributed by atoms with van der Waals surface area (Å²) in [6.07, 6.45) is 9.44. The van der Waals surface area contributed by atoms with E-state index in [1.807, 2.05) is 24.9 Å². The number of fused-ring (bicyclic) bond motifs is 3. The Bertz CT molecular complexity index is 715. The molecule has 2 heterocycles. The van der Waals surface area contributed by atoms with Crippen molar-refractivity contribution in [3.63, 3.8) is 0 Å². The lowest BCUT2D eigenvalue weighted by atomic mass is 9.87. The van der Waals surface area contributed by atoms with Gasteiger partial charge in [-0.2, -0.15) is 5.10 Å². The van der Waals surface area contributed by atoms with Gasteiger partial charge in [0.15, 0.2) is 5.65 Å². The van der Waals surface area contributed by atoms with Gasteiger partial charge >= 0.3 is 0 Å². The highest BCUT2D eigenvalue weighted by Gasteiger charge is 2.38. The van der Waals surface area contributed by atoms with Gasteiger partial charge in [-0.25, -0.2) is 4.98 Å². The molecule has 0 aromatic carbocycles. The normalized spacial score (nSPS) is 28.4. The molecule has 0 radical (unpaired) electrons. The van der Waals surface area contributed by atoms with Gasteiger partial charge in [0.25, 0.3) is 0 Å². The Kier molecular flexibility index (Phi) is 2.81. The maximum Gasteiger partial charge on any atom is 0.157 e. The van der Waals surface area contributed by atoms with E-state index in [-0.39, 0.29) is 0 Å². The van der Waals surface area contributed by atoms with Gasteiger partial charge in [0.1, 0.15) is 0 Å². The Morgan fingerprint density at radius 1 is 1.33 bits per heavy atom. The van der Waals surface area contributed by atoms with Crippen LogP contribution in [0, 0.1) is 24.7 Å². The largest absolute Gasteiger partial charge is 0.381 e. The lowest BCUT2D eigenvalue weighted by molar-refractivity contribution is 0.400. The molecule has 1 N–H and O–H groups in total. The first-order valence-corrected chi connectivity index (χ1v) is 7.86. The van der Waals surface area contributed by atoms with E-state index in [2.05, 4.69) is 40.5 Å². The number of aromatic nitrogens is 3. The maximum atomic E-state index is 4.55. The van der Waals surface area contributed by atoms with E-state index < -0.39 is 0 Å². The van der Waals surface area contributed by atoms with Crippen molar-refractivity contribution < 1.29 is 0 Å². The number of nitrogens with one attached hydrogen (secondary N) is 1. The highest BCUT2D eigenvalue weighted by atomic mass is 15.3. The molecule has 21 heavy (non-hydrogen) atoms. The van der Waals surface area contributed by atoms with Gasteiger partial charge in [0.05, 0.1) is 17.6 Å². The van der Waals surface area contributed by atoms with Gasteiger partial charge in [0.2, 0.25) is 0 Å². The summed E-state index contributed by atoms with van der Waals surface area (Å²) in [4.78, 5) is 4.55. The molecular weight excluding hydrogens is 260 g/mol. The molecule has 0 saturated heterocycles. The minimum atomic E-state index is 0.487. The van der Waals surface area contributed by atoms with Crippen LogP contribution in [0.15, 0.2) is 24.4 Å². The Morgan fingerprint density at radius 2 is 2.19 bits per heavy atom. The topological polar surface area (TPSA) is 42.7 Å². The van der Waals surface area contributed by atoms with Gasteiger partial charge in [-0.1, -0.05) is 12.2 Å². The predicted molar refractivity (Wildman–Crippen MR) is 85.2 cm³/mol. The molecule has 4 nitrogen and oxygen atoms in total. The second-order valence-corrected chi connectivity index (χ2v) is 6.68. The van der Waals surface area contributed by atoms with Crippen LogP contribution in [-0.2, 0) is 7.05 Å². The van der Waals surface area contributed by atoms with Gasteiger partial charge in [-0.05, 0) is 50.5 Å². The molecule has 2 aromatic rings. The summed E-state index contributed by atoms with van der Waals surface area (Å²) < 4.78 is 1.85. The van der Waals surface area contributed by atoms with Gasteiger partial charge < -0.3 is 5.32 Å². The number of rotatable bonds is 3. The van der Waals surface area contributed by atoms with E-state index >= 15 is 0 Å². The molecule has 0 spiro atoms. The molecule has 4 atom stereocenters. The van der Waals surface area contributed by atoms with Crippen LogP contribution in [-0.4, -0.2) is 20.8 Å². The average Bonchev–Trinajstić information content (AvgIpc) is 3.15. The van der Waals surface area contributed by atoms with Crippen LogP contribution < -0.4 is 5.32 Å². The molecule has 110 valence electrons. The molecule has 2 aromatic heterocycles. The van der Waals surface area contributed by atoms with Crippen molar-refractivity contribution in [2.45, 2.75) is 32.7 Å². The minimum absolute atomic E-state index is 0.487. The fourth-order valence-corrected chi connectivity index (χ4v) is 4.15. The zero-order valence-electron chi connectivity index (χ0n) is 12.9. The molecular formula is C17H22N4. The standard InChI is InChI=1S/C17H22N4/c1-10(15-7-12-4-5-13(15)6-12)19-14-8-16-11(2)20-21(3)17(16)18-9-14/h4-5,8-10,12-13,15,19H,6-7H2,1-3H3. The summed E-state index contributed by atoms with van der Waals surface area (Å²) in [5.74, 6) is 2.35. The average molecular weight is 282 g/mol. The molecule has 2 aliphatic carbocycles. The fourth-order valence-electron chi connectivity index (χ4n) is 4.15. The van der Waals surface area contributed by atoms with Crippen LogP contribution in [0.2, 0.25) is 0 Å². The summed E-state index contributed by atoms with van der Waals surface area (Å²) >= 11 is 0. The summed E-state index contributed by atoms with van der Waals surface area (Å²) in [7, 11) is 1.94. The number of pyridine rings is 1. The second-order valence-electron chi connectivity index (χ2n) is 6.68. The summed E-state index contributed by atoms with van der Waals surface area (Å²) in [5, 5.41) is 9.24. The lowest BCUT2D eigenvalue weighted by Crippen LogP contribution is -2.28. The minimum Gasteiger partial charge on any atom is -0.381 e. The van der Waals surface area contributed by atoms with Gasteiger partial charge in [0, 0.05) is 18.5 Å². The first kappa shape index (κ1) is 12.9. The van der Waals surface area contributed by atoms with Crippen molar-refractivity contribution >= 4 is 16.7 Å². The van der Waals surface area contributed by atoms with Crippen molar-refractivity contribution in [3.05, 3.63) is 30.1 Å². The molecule has 4 heteroatoms. The SMILES string of the molecule is Cc1nn(C)c2ncc(NC(C)C3CC4C=CC3C4)cc12. The van der Waals surface area contributed by atoms with Crippen LogP contribution in [0.25, 0.3) is 11.0 Å². The summed E-state index contributed by atoms with van der Waals surface area (Å²) in [6, 6.07) is 2.67. The quantitative estimate of drug-likeness (QED) is 0.878. The first-order chi connectivity index (χ1) is 10.1. The number of hydrogen-bond acceptors (Lipinski definition) is 3. The van der Waals surface area contributed by atoms with E-state index in [0.29, 0.717) is 6.04 Å². The van der Waals surface area contributed by atoms with Crippen LogP contribution in [0.5, 0.6) is 0 Å².